The van der Waals surface area contributed by atoms with Gasteiger partial charge in [0, 0.05) is 13.2 Å². The van der Waals surface area contributed by atoms with Crippen LogP contribution in [0.15, 0.2) is 4.99 Å². The highest BCUT2D eigenvalue weighted by Crippen LogP contribution is 1.83. The molecule has 100 valence electrons. The maximum Gasteiger partial charge on any atom is 0.243 e. The van der Waals surface area contributed by atoms with Crippen molar-refractivity contribution < 1.29 is 14.3 Å². The molecule has 0 heterocycles. The van der Waals surface area contributed by atoms with Gasteiger partial charge in [0.2, 0.25) is 11.9 Å². The summed E-state index contributed by atoms with van der Waals surface area (Å²) in [5, 5.41) is 3.01. The Morgan fingerprint density at radius 2 is 2.24 bits per heavy atom. The SMILES string of the molecule is COCC(C)NC(=NCCOCC(N)=O)NN. The zero-order valence-electron chi connectivity index (χ0n) is 10.2. The van der Waals surface area contributed by atoms with Crippen LogP contribution in [-0.4, -0.2) is 51.4 Å². The number of hydrogen-bond acceptors (Lipinski definition) is 5. The van der Waals surface area contributed by atoms with Crippen LogP contribution >= 0.6 is 0 Å². The van der Waals surface area contributed by atoms with Crippen LogP contribution in [0.5, 0.6) is 0 Å². The largest absolute Gasteiger partial charge is 0.383 e. The minimum absolute atomic E-state index is 0.0846. The van der Waals surface area contributed by atoms with Gasteiger partial charge in [0.15, 0.2) is 0 Å². The van der Waals surface area contributed by atoms with E-state index in [-0.39, 0.29) is 12.6 Å². The van der Waals surface area contributed by atoms with Gasteiger partial charge in [-0.05, 0) is 6.92 Å². The molecular formula is C9H21N5O3. The summed E-state index contributed by atoms with van der Waals surface area (Å²) in [5.74, 6) is 5.22. The molecule has 8 nitrogen and oxygen atoms in total. The van der Waals surface area contributed by atoms with Gasteiger partial charge in [0.25, 0.3) is 0 Å². The molecule has 0 bridgehead atoms. The Balaban J connectivity index is 3.80. The molecule has 0 radical (unpaired) electrons. The molecule has 0 aliphatic carbocycles. The number of amides is 1. The maximum atomic E-state index is 10.4. The second-order valence-electron chi connectivity index (χ2n) is 3.39. The Hall–Kier alpha value is -1.38. The Morgan fingerprint density at radius 3 is 2.76 bits per heavy atom. The fourth-order valence-electron chi connectivity index (χ4n) is 1.05. The number of rotatable bonds is 8. The lowest BCUT2D eigenvalue weighted by atomic mass is 10.4. The second kappa shape index (κ2) is 9.82. The summed E-state index contributed by atoms with van der Waals surface area (Å²) in [5.41, 5.74) is 7.33. The molecule has 0 fully saturated rings. The van der Waals surface area contributed by atoms with Gasteiger partial charge in [0.05, 0.1) is 19.8 Å². The molecule has 0 aliphatic heterocycles. The molecule has 0 rings (SSSR count). The van der Waals surface area contributed by atoms with E-state index < -0.39 is 5.91 Å². The first-order valence-electron chi connectivity index (χ1n) is 5.22. The number of ether oxygens (including phenoxy) is 2. The summed E-state index contributed by atoms with van der Waals surface area (Å²) < 4.78 is 9.90. The topological polar surface area (TPSA) is 124 Å². The van der Waals surface area contributed by atoms with E-state index in [1.165, 1.54) is 0 Å². The summed E-state index contributed by atoms with van der Waals surface area (Å²) in [6, 6.07) is 0.0846. The first-order chi connectivity index (χ1) is 8.10. The molecule has 0 aromatic carbocycles. The molecule has 1 atom stereocenters. The van der Waals surface area contributed by atoms with Crippen LogP contribution in [0, 0.1) is 0 Å². The third kappa shape index (κ3) is 9.54. The summed E-state index contributed by atoms with van der Waals surface area (Å²) in [7, 11) is 1.61. The van der Waals surface area contributed by atoms with Gasteiger partial charge >= 0.3 is 0 Å². The predicted octanol–water partition coefficient (Wildman–Crippen LogP) is -2.07. The molecular weight excluding hydrogens is 226 g/mol. The molecule has 8 heteroatoms. The maximum absolute atomic E-state index is 10.4. The number of carbonyl (C=O) groups is 1. The van der Waals surface area contributed by atoms with Gasteiger partial charge in [-0.2, -0.15) is 0 Å². The van der Waals surface area contributed by atoms with Crippen LogP contribution in [0.2, 0.25) is 0 Å². The average Bonchev–Trinajstić information content (AvgIpc) is 2.27. The molecule has 1 unspecified atom stereocenters. The van der Waals surface area contributed by atoms with Crippen molar-refractivity contribution in [3.05, 3.63) is 0 Å². The van der Waals surface area contributed by atoms with Gasteiger partial charge in [-0.1, -0.05) is 0 Å². The fourth-order valence-corrected chi connectivity index (χ4v) is 1.05. The first-order valence-corrected chi connectivity index (χ1v) is 5.22. The Morgan fingerprint density at radius 1 is 1.53 bits per heavy atom. The van der Waals surface area contributed by atoms with Crippen LogP contribution in [0.3, 0.4) is 0 Å². The lowest BCUT2D eigenvalue weighted by Gasteiger charge is -2.15. The number of aliphatic imine (C=N–C) groups is 1. The number of nitrogens with two attached hydrogens (primary N) is 2. The number of hydrazine groups is 1. The van der Waals surface area contributed by atoms with Crippen LogP contribution in [0.25, 0.3) is 0 Å². The van der Waals surface area contributed by atoms with Crippen molar-refractivity contribution in [1.29, 1.82) is 0 Å². The van der Waals surface area contributed by atoms with Crippen LogP contribution in [0.4, 0.5) is 0 Å². The Labute approximate surface area is 101 Å². The summed E-state index contributed by atoms with van der Waals surface area (Å²) in [6.45, 7) is 3.04. The van der Waals surface area contributed by atoms with E-state index >= 15 is 0 Å². The fraction of sp³-hybridized carbons (Fsp3) is 0.778. The predicted molar refractivity (Wildman–Crippen MR) is 64.1 cm³/mol. The van der Waals surface area contributed by atoms with E-state index in [2.05, 4.69) is 15.7 Å². The van der Waals surface area contributed by atoms with Crippen molar-refractivity contribution in [2.75, 3.05) is 33.5 Å². The van der Waals surface area contributed by atoms with Crippen molar-refractivity contribution in [3.63, 3.8) is 0 Å². The first kappa shape index (κ1) is 15.6. The van der Waals surface area contributed by atoms with E-state index in [0.29, 0.717) is 25.7 Å². The highest BCUT2D eigenvalue weighted by molar-refractivity contribution is 5.79. The van der Waals surface area contributed by atoms with Gasteiger partial charge in [-0.25, -0.2) is 10.8 Å². The quantitative estimate of drug-likeness (QED) is 0.128. The smallest absolute Gasteiger partial charge is 0.243 e. The van der Waals surface area contributed by atoms with Gasteiger partial charge in [-0.3, -0.25) is 10.2 Å². The lowest BCUT2D eigenvalue weighted by molar-refractivity contribution is -0.122. The van der Waals surface area contributed by atoms with Crippen LogP contribution < -0.4 is 22.3 Å². The monoisotopic (exact) mass is 247 g/mol. The normalized spacial score (nSPS) is 13.2. The molecule has 0 spiro atoms. The van der Waals surface area contributed by atoms with Crippen molar-refractivity contribution in [3.8, 4) is 0 Å². The van der Waals surface area contributed by atoms with Crippen LogP contribution in [-0.2, 0) is 14.3 Å². The molecule has 0 aromatic heterocycles. The minimum Gasteiger partial charge on any atom is -0.383 e. The lowest BCUT2D eigenvalue weighted by Crippen LogP contribution is -2.47. The molecule has 0 saturated carbocycles. The van der Waals surface area contributed by atoms with Crippen LogP contribution in [0.1, 0.15) is 6.92 Å². The van der Waals surface area contributed by atoms with Gasteiger partial charge in [-0.15, -0.1) is 0 Å². The number of nitrogens with one attached hydrogen (secondary N) is 2. The number of hydrogen-bond donors (Lipinski definition) is 4. The number of nitrogens with zero attached hydrogens (tertiary/aromatic N) is 1. The third-order valence-corrected chi connectivity index (χ3v) is 1.69. The summed E-state index contributed by atoms with van der Waals surface area (Å²) >= 11 is 0. The van der Waals surface area contributed by atoms with E-state index in [1.807, 2.05) is 6.92 Å². The van der Waals surface area contributed by atoms with Crippen molar-refractivity contribution in [2.45, 2.75) is 13.0 Å². The molecule has 1 amide bonds. The van der Waals surface area contributed by atoms with E-state index in [0.717, 1.165) is 0 Å². The minimum atomic E-state index is -0.502. The average molecular weight is 247 g/mol. The number of primary amides is 1. The highest BCUT2D eigenvalue weighted by atomic mass is 16.5. The van der Waals surface area contributed by atoms with Gasteiger partial charge in [0.1, 0.15) is 6.61 Å². The Kier molecular flexibility index (Phi) is 9.02. The molecule has 0 saturated heterocycles. The number of carbonyl (C=O) groups excluding carboxylic acids is 1. The zero-order valence-corrected chi connectivity index (χ0v) is 10.2. The standard InChI is InChI=1S/C9H21N5O3/c1-7(5-16-2)13-9(14-11)12-3-4-17-6-8(10)15/h7H,3-6,11H2,1-2H3,(H2,10,15)(H2,12,13,14). The molecule has 6 N–H and O–H groups in total. The summed E-state index contributed by atoms with van der Waals surface area (Å²) in [6.07, 6.45) is 0. The van der Waals surface area contributed by atoms with E-state index in [1.54, 1.807) is 7.11 Å². The Bertz CT molecular complexity index is 247. The van der Waals surface area contributed by atoms with Gasteiger partial charge < -0.3 is 20.5 Å². The van der Waals surface area contributed by atoms with E-state index in [4.69, 9.17) is 21.1 Å². The molecule has 17 heavy (non-hydrogen) atoms. The third-order valence-electron chi connectivity index (χ3n) is 1.69. The van der Waals surface area contributed by atoms with E-state index in [9.17, 15) is 4.79 Å². The highest BCUT2D eigenvalue weighted by Gasteiger charge is 2.03. The molecule has 0 aliphatic rings. The summed E-state index contributed by atoms with van der Waals surface area (Å²) in [4.78, 5) is 14.5. The molecule has 0 aromatic rings. The van der Waals surface area contributed by atoms with Crippen molar-refractivity contribution in [1.82, 2.24) is 10.7 Å². The second-order valence-corrected chi connectivity index (χ2v) is 3.39. The van der Waals surface area contributed by atoms with Crippen molar-refractivity contribution in [2.24, 2.45) is 16.6 Å². The zero-order chi connectivity index (χ0) is 13.1. The number of guanidine groups is 1. The number of methoxy groups -OCH3 is 1. The van der Waals surface area contributed by atoms with Crippen molar-refractivity contribution >= 4 is 11.9 Å².